The number of aromatic amines is 1. The number of amides is 3. The second kappa shape index (κ2) is 12.3. The van der Waals surface area contributed by atoms with Crippen molar-refractivity contribution < 1.29 is 18.0 Å². The van der Waals surface area contributed by atoms with Gasteiger partial charge in [0.2, 0.25) is 0 Å². The van der Waals surface area contributed by atoms with E-state index in [1.807, 2.05) is 12.1 Å². The van der Waals surface area contributed by atoms with Crippen LogP contribution in [0.25, 0.3) is 0 Å². The SMILES string of the molecule is CS(=O)(=O)c1cccc(NC(=O)N(Cc2ccc(C(=O)Nc3nn[nH]n3)cc2)c2ccc(C3CCCCC3)cc2)c1. The number of benzene rings is 3. The highest BCUT2D eigenvalue weighted by molar-refractivity contribution is 7.90. The highest BCUT2D eigenvalue weighted by Gasteiger charge is 2.20. The molecule has 1 saturated carbocycles. The Balaban J connectivity index is 1.37. The lowest BCUT2D eigenvalue weighted by atomic mass is 9.84. The number of H-pyrrole nitrogens is 1. The van der Waals surface area contributed by atoms with E-state index in [-0.39, 0.29) is 17.4 Å². The summed E-state index contributed by atoms with van der Waals surface area (Å²) in [6.45, 7) is 0.215. The van der Waals surface area contributed by atoms with Crippen molar-refractivity contribution in [2.45, 2.75) is 49.5 Å². The van der Waals surface area contributed by atoms with Crippen molar-refractivity contribution in [3.8, 4) is 0 Å². The molecule has 1 aliphatic carbocycles. The molecule has 11 nitrogen and oxygen atoms in total. The molecule has 3 N–H and O–H groups in total. The summed E-state index contributed by atoms with van der Waals surface area (Å²) >= 11 is 0. The molecule has 0 spiro atoms. The summed E-state index contributed by atoms with van der Waals surface area (Å²) in [5.41, 5.74) is 3.52. The Morgan fingerprint density at radius 2 is 1.68 bits per heavy atom. The summed E-state index contributed by atoms with van der Waals surface area (Å²) in [5, 5.41) is 18.5. The largest absolute Gasteiger partial charge is 0.326 e. The lowest BCUT2D eigenvalue weighted by molar-refractivity contribution is 0.102. The molecule has 3 amide bonds. The minimum Gasteiger partial charge on any atom is -0.307 e. The van der Waals surface area contributed by atoms with Crippen molar-refractivity contribution in [2.24, 2.45) is 0 Å². The molecule has 5 rings (SSSR count). The lowest BCUT2D eigenvalue weighted by Gasteiger charge is -2.26. The van der Waals surface area contributed by atoms with Gasteiger partial charge in [-0.2, -0.15) is 5.21 Å². The summed E-state index contributed by atoms with van der Waals surface area (Å²) in [7, 11) is -3.44. The molecule has 1 aliphatic rings. The predicted octanol–water partition coefficient (Wildman–Crippen LogP) is 5.14. The predicted molar refractivity (Wildman–Crippen MR) is 156 cm³/mol. The number of tetrazole rings is 1. The molecule has 1 heterocycles. The first kappa shape index (κ1) is 28.0. The van der Waals surface area contributed by atoms with Gasteiger partial charge >= 0.3 is 6.03 Å². The van der Waals surface area contributed by atoms with Gasteiger partial charge in [-0.1, -0.05) is 54.7 Å². The molecular formula is C29H31N7O4S. The number of nitrogens with zero attached hydrogens (tertiary/aromatic N) is 4. The zero-order valence-corrected chi connectivity index (χ0v) is 23.4. The molecule has 1 fully saturated rings. The highest BCUT2D eigenvalue weighted by Crippen LogP contribution is 2.33. The number of rotatable bonds is 8. The maximum absolute atomic E-state index is 13.6. The fourth-order valence-electron chi connectivity index (χ4n) is 4.97. The van der Waals surface area contributed by atoms with Crippen LogP contribution in [0.1, 0.15) is 59.5 Å². The number of hydrogen-bond donors (Lipinski definition) is 3. The second-order valence-electron chi connectivity index (χ2n) is 10.1. The molecule has 212 valence electrons. The Morgan fingerprint density at radius 1 is 0.951 bits per heavy atom. The minimum atomic E-state index is -3.44. The van der Waals surface area contributed by atoms with Crippen LogP contribution in [-0.2, 0) is 16.4 Å². The summed E-state index contributed by atoms with van der Waals surface area (Å²) < 4.78 is 24.1. The van der Waals surface area contributed by atoms with Crippen molar-refractivity contribution in [2.75, 3.05) is 21.8 Å². The molecular weight excluding hydrogens is 542 g/mol. The van der Waals surface area contributed by atoms with Crippen LogP contribution >= 0.6 is 0 Å². The van der Waals surface area contributed by atoms with Crippen LogP contribution in [0.4, 0.5) is 22.1 Å². The summed E-state index contributed by atoms with van der Waals surface area (Å²) in [6, 6.07) is 20.7. The fraction of sp³-hybridized carbons (Fsp3) is 0.276. The van der Waals surface area contributed by atoms with E-state index >= 15 is 0 Å². The third-order valence-electron chi connectivity index (χ3n) is 7.17. The smallest absolute Gasteiger partial charge is 0.307 e. The molecule has 1 aromatic heterocycles. The maximum Gasteiger partial charge on any atom is 0.326 e. The topological polar surface area (TPSA) is 150 Å². The summed E-state index contributed by atoms with van der Waals surface area (Å²) in [5.74, 6) is 0.208. The van der Waals surface area contributed by atoms with Gasteiger partial charge in [0.05, 0.1) is 11.4 Å². The van der Waals surface area contributed by atoms with Gasteiger partial charge in [0.1, 0.15) is 0 Å². The third kappa shape index (κ3) is 7.14. The molecule has 0 unspecified atom stereocenters. The van der Waals surface area contributed by atoms with E-state index in [1.54, 1.807) is 41.3 Å². The Labute approximate surface area is 238 Å². The van der Waals surface area contributed by atoms with Crippen molar-refractivity contribution >= 4 is 39.1 Å². The van der Waals surface area contributed by atoms with Gasteiger partial charge in [-0.05, 0) is 77.6 Å². The van der Waals surface area contributed by atoms with Gasteiger partial charge in [0.15, 0.2) is 9.84 Å². The van der Waals surface area contributed by atoms with Gasteiger partial charge in [0, 0.05) is 23.2 Å². The Morgan fingerprint density at radius 3 is 2.34 bits per heavy atom. The Kier molecular flexibility index (Phi) is 8.39. The number of anilines is 3. The van der Waals surface area contributed by atoms with E-state index in [9.17, 15) is 18.0 Å². The molecule has 41 heavy (non-hydrogen) atoms. The number of sulfone groups is 1. The number of urea groups is 1. The standard InChI is InChI=1S/C29H31N7O4S/c1-41(39,40)26-9-5-8-24(18-26)30-29(38)36(25-16-14-22(15-17-25)21-6-3-2-4-7-21)19-20-10-12-23(13-11-20)27(37)31-28-32-34-35-33-28/h5,8-18,21H,2-4,6-7,19H2,1H3,(H,30,38)(H2,31,32,33,34,35,37). The molecule has 0 aliphatic heterocycles. The van der Waals surface area contributed by atoms with E-state index in [0.29, 0.717) is 22.9 Å². The van der Waals surface area contributed by atoms with Crippen LogP contribution in [0, 0.1) is 0 Å². The summed E-state index contributed by atoms with van der Waals surface area (Å²) in [6.07, 6.45) is 7.22. The quantitative estimate of drug-likeness (QED) is 0.264. The number of carbonyl (C=O) groups is 2. The number of carbonyl (C=O) groups excluding carboxylic acids is 2. The summed E-state index contributed by atoms with van der Waals surface area (Å²) in [4.78, 5) is 27.8. The van der Waals surface area contributed by atoms with E-state index in [4.69, 9.17) is 0 Å². The molecule has 0 saturated heterocycles. The van der Waals surface area contributed by atoms with Crippen molar-refractivity contribution in [1.82, 2.24) is 20.6 Å². The molecule has 4 aromatic rings. The lowest BCUT2D eigenvalue weighted by Crippen LogP contribution is -2.34. The fourth-order valence-corrected chi connectivity index (χ4v) is 5.64. The van der Waals surface area contributed by atoms with Gasteiger partial charge in [-0.25, -0.2) is 13.2 Å². The normalized spacial score (nSPS) is 13.9. The first-order valence-electron chi connectivity index (χ1n) is 13.4. The van der Waals surface area contributed by atoms with Crippen LogP contribution in [0.2, 0.25) is 0 Å². The first-order valence-corrected chi connectivity index (χ1v) is 15.3. The molecule has 12 heteroatoms. The van der Waals surface area contributed by atoms with E-state index in [0.717, 1.165) is 11.8 Å². The van der Waals surface area contributed by atoms with Crippen LogP contribution < -0.4 is 15.5 Å². The zero-order chi connectivity index (χ0) is 28.8. The van der Waals surface area contributed by atoms with Gasteiger partial charge in [0.25, 0.3) is 11.9 Å². The monoisotopic (exact) mass is 573 g/mol. The van der Waals surface area contributed by atoms with Crippen LogP contribution in [0.5, 0.6) is 0 Å². The number of nitrogens with one attached hydrogen (secondary N) is 3. The second-order valence-corrected chi connectivity index (χ2v) is 12.1. The highest BCUT2D eigenvalue weighted by atomic mass is 32.2. The number of hydrogen-bond acceptors (Lipinski definition) is 7. The van der Waals surface area contributed by atoms with E-state index in [2.05, 4.69) is 43.4 Å². The minimum absolute atomic E-state index is 0.0681. The van der Waals surface area contributed by atoms with E-state index < -0.39 is 21.8 Å². The molecule has 0 bridgehead atoms. The molecule has 0 radical (unpaired) electrons. The van der Waals surface area contributed by atoms with Crippen LogP contribution in [-0.4, -0.2) is 47.2 Å². The van der Waals surface area contributed by atoms with Gasteiger partial charge in [-0.15, -0.1) is 5.10 Å². The zero-order valence-electron chi connectivity index (χ0n) is 22.6. The third-order valence-corrected chi connectivity index (χ3v) is 8.28. The Hall–Kier alpha value is -4.58. The average Bonchev–Trinajstić information content (AvgIpc) is 3.49. The van der Waals surface area contributed by atoms with Crippen LogP contribution in [0.3, 0.4) is 0 Å². The first-order chi connectivity index (χ1) is 19.8. The average molecular weight is 574 g/mol. The number of aromatic nitrogens is 4. The van der Waals surface area contributed by atoms with Crippen molar-refractivity contribution in [3.05, 3.63) is 89.5 Å². The molecule has 3 aromatic carbocycles. The Bertz CT molecular complexity index is 1600. The van der Waals surface area contributed by atoms with Crippen LogP contribution in [0.15, 0.2) is 77.7 Å². The van der Waals surface area contributed by atoms with Crippen molar-refractivity contribution in [3.63, 3.8) is 0 Å². The van der Waals surface area contributed by atoms with E-state index in [1.165, 1.54) is 49.8 Å². The van der Waals surface area contributed by atoms with Gasteiger partial charge < -0.3 is 5.32 Å². The van der Waals surface area contributed by atoms with Gasteiger partial charge in [-0.3, -0.25) is 15.0 Å². The maximum atomic E-state index is 13.6. The van der Waals surface area contributed by atoms with Crippen molar-refractivity contribution in [1.29, 1.82) is 0 Å². The molecule has 0 atom stereocenters.